The van der Waals surface area contributed by atoms with Crippen LogP contribution in [0.2, 0.25) is 0 Å². The smallest absolute Gasteiger partial charge is 0.131 e. The first-order valence-electron chi connectivity index (χ1n) is 5.35. The maximum Gasteiger partial charge on any atom is 0.131 e. The molecule has 0 radical (unpaired) electrons. The Morgan fingerprint density at radius 2 is 1.72 bits per heavy atom. The number of hydrogen-bond acceptors (Lipinski definition) is 1. The predicted molar refractivity (Wildman–Crippen MR) is 70.1 cm³/mol. The molecule has 0 amide bonds. The Morgan fingerprint density at radius 1 is 1.06 bits per heavy atom. The minimum atomic E-state index is -0.361. The second-order valence-electron chi connectivity index (χ2n) is 3.80. The maximum atomic E-state index is 13.9. The van der Waals surface area contributed by atoms with Gasteiger partial charge in [-0.1, -0.05) is 34.1 Å². The highest BCUT2D eigenvalue weighted by Gasteiger charge is 2.15. The zero-order valence-corrected chi connectivity index (χ0v) is 11.2. The molecule has 2 aromatic rings. The Labute approximate surface area is 113 Å². The Morgan fingerprint density at radius 3 is 2.28 bits per heavy atom. The van der Waals surface area contributed by atoms with Gasteiger partial charge in [0.05, 0.1) is 11.9 Å². The molecule has 0 N–H and O–H groups in total. The van der Waals surface area contributed by atoms with Gasteiger partial charge in [-0.05, 0) is 23.8 Å². The van der Waals surface area contributed by atoms with Crippen molar-refractivity contribution < 1.29 is 13.5 Å². The zero-order chi connectivity index (χ0) is 13.1. The molecule has 18 heavy (non-hydrogen) atoms. The highest BCUT2D eigenvalue weighted by atomic mass is 79.9. The van der Waals surface area contributed by atoms with Gasteiger partial charge in [0, 0.05) is 11.6 Å². The van der Waals surface area contributed by atoms with Crippen LogP contribution < -0.4 is 4.74 Å². The number of ether oxygens (including phenoxy) is 1. The first-order valence-corrected chi connectivity index (χ1v) is 6.26. The summed E-state index contributed by atoms with van der Waals surface area (Å²) in [4.78, 5) is -0.316. The van der Waals surface area contributed by atoms with Gasteiger partial charge in [0.2, 0.25) is 0 Å². The van der Waals surface area contributed by atoms with Crippen molar-refractivity contribution in [3.8, 4) is 5.75 Å². The molecule has 0 aliphatic rings. The minimum absolute atomic E-state index is 0.311. The molecule has 1 atom stereocenters. The van der Waals surface area contributed by atoms with Gasteiger partial charge in [-0.25, -0.2) is 8.78 Å². The van der Waals surface area contributed by atoms with Gasteiger partial charge in [-0.15, -0.1) is 0 Å². The molecule has 0 aliphatic heterocycles. The molecular weight excluding hydrogens is 302 g/mol. The molecule has 0 bridgehead atoms. The lowest BCUT2D eigenvalue weighted by Gasteiger charge is -2.12. The number of alkyl halides is 1. The molecule has 1 unspecified atom stereocenters. The molecule has 94 valence electrons. The van der Waals surface area contributed by atoms with E-state index in [1.54, 1.807) is 24.3 Å². The molecule has 0 heterocycles. The summed E-state index contributed by atoms with van der Waals surface area (Å²) in [5.41, 5.74) is 1.28. The fourth-order valence-electron chi connectivity index (χ4n) is 1.65. The van der Waals surface area contributed by atoms with E-state index in [2.05, 4.69) is 15.9 Å². The zero-order valence-electron chi connectivity index (χ0n) is 9.66. The molecule has 0 aromatic heterocycles. The van der Waals surface area contributed by atoms with Crippen LogP contribution >= 0.6 is 15.9 Å². The SMILES string of the molecule is COc1ccc(C(Br)c2ccc(F)cc2)c(F)c1. The van der Waals surface area contributed by atoms with Crippen LogP contribution in [0.25, 0.3) is 0 Å². The van der Waals surface area contributed by atoms with Crippen molar-refractivity contribution >= 4 is 15.9 Å². The Bertz CT molecular complexity index is 540. The van der Waals surface area contributed by atoms with Crippen molar-refractivity contribution in [2.75, 3.05) is 7.11 Å². The van der Waals surface area contributed by atoms with E-state index in [9.17, 15) is 8.78 Å². The maximum absolute atomic E-state index is 13.9. The Balaban J connectivity index is 2.33. The second-order valence-corrected chi connectivity index (χ2v) is 4.72. The summed E-state index contributed by atoms with van der Waals surface area (Å²) in [6, 6.07) is 10.6. The van der Waals surface area contributed by atoms with E-state index in [1.807, 2.05) is 0 Å². The van der Waals surface area contributed by atoms with Crippen LogP contribution in [0.5, 0.6) is 5.75 Å². The molecule has 0 saturated heterocycles. The summed E-state index contributed by atoms with van der Waals surface area (Å²) in [6.07, 6.45) is 0. The topological polar surface area (TPSA) is 9.23 Å². The summed E-state index contributed by atoms with van der Waals surface area (Å²) in [5, 5.41) is 0. The van der Waals surface area contributed by atoms with E-state index in [0.717, 1.165) is 5.56 Å². The highest BCUT2D eigenvalue weighted by molar-refractivity contribution is 9.09. The van der Waals surface area contributed by atoms with E-state index in [0.29, 0.717) is 11.3 Å². The van der Waals surface area contributed by atoms with Crippen molar-refractivity contribution in [2.24, 2.45) is 0 Å². The van der Waals surface area contributed by atoms with Gasteiger partial charge in [-0.3, -0.25) is 0 Å². The summed E-state index contributed by atoms with van der Waals surface area (Å²) in [5.74, 6) is -0.204. The quantitative estimate of drug-likeness (QED) is 0.760. The van der Waals surface area contributed by atoms with Gasteiger partial charge < -0.3 is 4.74 Å². The normalized spacial score (nSPS) is 12.2. The molecule has 0 spiro atoms. The van der Waals surface area contributed by atoms with E-state index >= 15 is 0 Å². The van der Waals surface area contributed by atoms with E-state index < -0.39 is 0 Å². The third-order valence-corrected chi connectivity index (χ3v) is 3.67. The average molecular weight is 313 g/mol. The van der Waals surface area contributed by atoms with Gasteiger partial charge >= 0.3 is 0 Å². The molecule has 4 heteroatoms. The van der Waals surface area contributed by atoms with E-state index in [4.69, 9.17) is 4.74 Å². The lowest BCUT2D eigenvalue weighted by atomic mass is 10.0. The van der Waals surface area contributed by atoms with Crippen LogP contribution in [-0.4, -0.2) is 7.11 Å². The van der Waals surface area contributed by atoms with Crippen molar-refractivity contribution in [3.05, 3.63) is 65.2 Å². The number of methoxy groups -OCH3 is 1. The standard InChI is InChI=1S/C14H11BrF2O/c1-18-11-6-7-12(13(17)8-11)14(15)9-2-4-10(16)5-3-9/h2-8,14H,1H3. The molecule has 0 aliphatic carbocycles. The number of halogens is 3. The fraction of sp³-hybridized carbons (Fsp3) is 0.143. The number of rotatable bonds is 3. The Kier molecular flexibility index (Phi) is 3.97. The monoisotopic (exact) mass is 312 g/mol. The summed E-state index contributed by atoms with van der Waals surface area (Å²) >= 11 is 3.41. The van der Waals surface area contributed by atoms with Crippen molar-refractivity contribution in [3.63, 3.8) is 0 Å². The molecule has 1 nitrogen and oxygen atoms in total. The lowest BCUT2D eigenvalue weighted by molar-refractivity contribution is 0.411. The van der Waals surface area contributed by atoms with Gasteiger partial charge in [0.1, 0.15) is 17.4 Å². The van der Waals surface area contributed by atoms with Crippen molar-refractivity contribution in [1.82, 2.24) is 0 Å². The van der Waals surface area contributed by atoms with Crippen molar-refractivity contribution in [2.45, 2.75) is 4.83 Å². The average Bonchev–Trinajstić information content (AvgIpc) is 2.38. The number of hydrogen-bond donors (Lipinski definition) is 0. The van der Waals surface area contributed by atoms with Crippen LogP contribution in [0.1, 0.15) is 16.0 Å². The fourth-order valence-corrected chi connectivity index (χ4v) is 2.33. The highest BCUT2D eigenvalue weighted by Crippen LogP contribution is 2.33. The third-order valence-electron chi connectivity index (χ3n) is 2.64. The van der Waals surface area contributed by atoms with E-state index in [-0.39, 0.29) is 16.5 Å². The van der Waals surface area contributed by atoms with Crippen LogP contribution in [0, 0.1) is 11.6 Å². The lowest BCUT2D eigenvalue weighted by Crippen LogP contribution is -1.97. The number of benzene rings is 2. The third kappa shape index (κ3) is 2.70. The second kappa shape index (κ2) is 5.48. The molecule has 0 fully saturated rings. The van der Waals surface area contributed by atoms with E-state index in [1.165, 1.54) is 25.3 Å². The van der Waals surface area contributed by atoms with Gasteiger partial charge in [0.15, 0.2) is 0 Å². The molecule has 2 aromatic carbocycles. The summed E-state index contributed by atoms with van der Waals surface area (Å²) in [7, 11) is 1.49. The molecule has 0 saturated carbocycles. The van der Waals surface area contributed by atoms with Crippen molar-refractivity contribution in [1.29, 1.82) is 0 Å². The van der Waals surface area contributed by atoms with Crippen LogP contribution in [-0.2, 0) is 0 Å². The Hall–Kier alpha value is -1.42. The predicted octanol–water partition coefficient (Wildman–Crippen LogP) is 4.46. The summed E-state index contributed by atoms with van der Waals surface area (Å²) in [6.45, 7) is 0. The first kappa shape index (κ1) is 13.0. The van der Waals surface area contributed by atoms with Crippen LogP contribution in [0.4, 0.5) is 8.78 Å². The summed E-state index contributed by atoms with van der Waals surface area (Å²) < 4.78 is 31.6. The van der Waals surface area contributed by atoms with Crippen LogP contribution in [0.3, 0.4) is 0 Å². The largest absolute Gasteiger partial charge is 0.497 e. The molecule has 2 rings (SSSR count). The minimum Gasteiger partial charge on any atom is -0.497 e. The van der Waals surface area contributed by atoms with Gasteiger partial charge in [-0.2, -0.15) is 0 Å². The first-order chi connectivity index (χ1) is 8.61. The molecular formula is C14H11BrF2O. The van der Waals surface area contributed by atoms with Gasteiger partial charge in [0.25, 0.3) is 0 Å². The van der Waals surface area contributed by atoms with Crippen LogP contribution in [0.15, 0.2) is 42.5 Å².